The molecule has 0 saturated carbocycles. The molecule has 0 unspecified atom stereocenters. The molecule has 4 aromatic rings. The van der Waals surface area contributed by atoms with E-state index in [1.807, 2.05) is 13.0 Å². The number of alkyl halides is 1. The monoisotopic (exact) mass is 591 g/mol. The predicted molar refractivity (Wildman–Crippen MR) is 158 cm³/mol. The number of benzene rings is 1. The van der Waals surface area contributed by atoms with Crippen LogP contribution < -0.4 is 20.7 Å². The second kappa shape index (κ2) is 10.5. The van der Waals surface area contributed by atoms with Gasteiger partial charge in [-0.15, -0.1) is 0 Å². The van der Waals surface area contributed by atoms with Gasteiger partial charge in [0.05, 0.1) is 33.8 Å². The van der Waals surface area contributed by atoms with Gasteiger partial charge in [-0.25, -0.2) is 18.7 Å². The van der Waals surface area contributed by atoms with Gasteiger partial charge in [-0.3, -0.25) is 4.90 Å². The van der Waals surface area contributed by atoms with Crippen LogP contribution in [0.4, 0.5) is 19.7 Å². The number of thiazole rings is 1. The van der Waals surface area contributed by atoms with E-state index >= 15 is 0 Å². The molecule has 3 N–H and O–H groups in total. The Labute approximate surface area is 245 Å². The fourth-order valence-corrected chi connectivity index (χ4v) is 7.56. The minimum absolute atomic E-state index is 0.00737. The lowest BCUT2D eigenvalue weighted by Crippen LogP contribution is -2.51. The molecule has 10 nitrogen and oxygen atoms in total. The highest BCUT2D eigenvalue weighted by molar-refractivity contribution is 7.22. The molecule has 3 atom stereocenters. The molecule has 3 fully saturated rings. The number of aromatic nitrogens is 4. The topological polar surface area (TPSA) is 129 Å². The number of nitrogens with one attached hydrogen (secondary N) is 1. The highest BCUT2D eigenvalue weighted by Crippen LogP contribution is 2.41. The van der Waals surface area contributed by atoms with Gasteiger partial charge in [0.15, 0.2) is 10.9 Å². The Kier molecular flexibility index (Phi) is 6.79. The molecule has 7 rings (SSSR count). The van der Waals surface area contributed by atoms with Gasteiger partial charge in [-0.1, -0.05) is 11.3 Å². The Morgan fingerprint density at radius 3 is 2.93 bits per heavy atom. The Morgan fingerprint density at radius 1 is 1.19 bits per heavy atom. The van der Waals surface area contributed by atoms with E-state index in [-0.39, 0.29) is 28.5 Å². The molecule has 3 aromatic heterocycles. The SMILES string of the molecule is Cc1nc2c(N3CCN[C@@H](CC#N)C3)nc(OC[C@@]34CCCN3C[C@H](F)C4)nc2cc1-c1ccc(F)c2sc(N)nc12. The molecule has 1 aromatic carbocycles. The van der Waals surface area contributed by atoms with Crippen molar-refractivity contribution in [2.24, 2.45) is 0 Å². The highest BCUT2D eigenvalue weighted by atomic mass is 32.1. The number of hydrogen-bond acceptors (Lipinski definition) is 11. The Morgan fingerprint density at radius 2 is 2.07 bits per heavy atom. The van der Waals surface area contributed by atoms with Crippen molar-refractivity contribution in [3.63, 3.8) is 0 Å². The van der Waals surface area contributed by atoms with Crippen molar-refractivity contribution < 1.29 is 13.5 Å². The van der Waals surface area contributed by atoms with E-state index in [0.29, 0.717) is 84.0 Å². The van der Waals surface area contributed by atoms with E-state index in [2.05, 4.69) is 26.2 Å². The van der Waals surface area contributed by atoms with Crippen molar-refractivity contribution >= 4 is 43.5 Å². The molecule has 42 heavy (non-hydrogen) atoms. The first-order valence-electron chi connectivity index (χ1n) is 14.2. The van der Waals surface area contributed by atoms with Crippen LogP contribution in [-0.4, -0.2) is 81.9 Å². The van der Waals surface area contributed by atoms with Crippen LogP contribution in [0.25, 0.3) is 32.4 Å². The minimum Gasteiger partial charge on any atom is -0.461 e. The quantitative estimate of drug-likeness (QED) is 0.340. The lowest BCUT2D eigenvalue weighted by molar-refractivity contribution is 0.107. The maximum Gasteiger partial charge on any atom is 0.319 e. The molecule has 0 spiro atoms. The zero-order valence-electron chi connectivity index (χ0n) is 23.2. The van der Waals surface area contributed by atoms with E-state index in [1.54, 1.807) is 6.07 Å². The summed E-state index contributed by atoms with van der Waals surface area (Å²) >= 11 is 1.11. The highest BCUT2D eigenvalue weighted by Gasteiger charge is 2.49. The number of aryl methyl sites for hydroxylation is 1. The number of piperazine rings is 1. The van der Waals surface area contributed by atoms with Gasteiger partial charge in [0.2, 0.25) is 0 Å². The number of halogens is 2. The van der Waals surface area contributed by atoms with Crippen LogP contribution in [0.5, 0.6) is 6.01 Å². The number of nitriles is 1. The fourth-order valence-electron chi connectivity index (χ4n) is 6.80. The van der Waals surface area contributed by atoms with E-state index in [9.17, 15) is 14.0 Å². The smallest absolute Gasteiger partial charge is 0.319 e. The number of nitrogens with zero attached hydrogens (tertiary/aromatic N) is 7. The maximum atomic E-state index is 14.6. The first kappa shape index (κ1) is 27.1. The number of rotatable bonds is 6. The number of ether oxygens (including phenoxy) is 1. The first-order valence-corrected chi connectivity index (χ1v) is 15.1. The van der Waals surface area contributed by atoms with Crippen molar-refractivity contribution in [1.82, 2.24) is 30.2 Å². The zero-order valence-corrected chi connectivity index (χ0v) is 24.1. The van der Waals surface area contributed by atoms with Gasteiger partial charge >= 0.3 is 6.01 Å². The van der Waals surface area contributed by atoms with Gasteiger partial charge in [0.1, 0.15) is 24.1 Å². The molecular weight excluding hydrogens is 560 g/mol. The molecule has 0 aliphatic carbocycles. The van der Waals surface area contributed by atoms with Crippen LogP contribution in [0.3, 0.4) is 0 Å². The summed E-state index contributed by atoms with van der Waals surface area (Å²) in [6.07, 6.45) is 1.86. The average molecular weight is 592 g/mol. The normalized spacial score (nSPS) is 24.4. The number of nitrogen functional groups attached to an aromatic ring is 1. The maximum absolute atomic E-state index is 14.6. The van der Waals surface area contributed by atoms with Gasteiger partial charge < -0.3 is 20.7 Å². The molecule has 0 amide bonds. The standard InChI is InChI=1S/C29H31F2N9OS/c1-16-20(19-3-4-21(31)25-23(19)37-27(33)42-25)11-22-24(35-16)26(39-10-8-34-18(14-39)5-7-32)38-28(36-22)41-15-29-6-2-9-40(29)13-17(30)12-29/h3-4,11,17-18,34H,2,5-6,8-10,12-15H2,1H3,(H2,33,37)/t17-,18+,29+/m1/s1. The number of anilines is 2. The van der Waals surface area contributed by atoms with Crippen molar-refractivity contribution in [3.05, 3.63) is 29.7 Å². The molecule has 218 valence electrons. The second-order valence-corrected chi connectivity index (χ2v) is 12.5. The molecule has 0 bridgehead atoms. The third-order valence-electron chi connectivity index (χ3n) is 8.75. The summed E-state index contributed by atoms with van der Waals surface area (Å²) in [6, 6.07) is 7.47. The number of nitrogens with two attached hydrogens (primary N) is 1. The molecule has 0 radical (unpaired) electrons. The molecule has 6 heterocycles. The Balaban J connectivity index is 1.32. The van der Waals surface area contributed by atoms with E-state index in [0.717, 1.165) is 36.3 Å². The summed E-state index contributed by atoms with van der Waals surface area (Å²) in [5.74, 6) is 0.259. The summed E-state index contributed by atoms with van der Waals surface area (Å²) in [7, 11) is 0. The molecule has 13 heteroatoms. The summed E-state index contributed by atoms with van der Waals surface area (Å²) < 4.78 is 35.7. The number of pyridine rings is 1. The van der Waals surface area contributed by atoms with Gasteiger partial charge in [-0.05, 0) is 44.5 Å². The van der Waals surface area contributed by atoms with Crippen LogP contribution in [0.2, 0.25) is 0 Å². The Bertz CT molecular complexity index is 1730. The van der Waals surface area contributed by atoms with Gasteiger partial charge in [0, 0.05) is 55.5 Å². The van der Waals surface area contributed by atoms with E-state index < -0.39 is 6.17 Å². The molecular formula is C29H31F2N9OS. The summed E-state index contributed by atoms with van der Waals surface area (Å²) in [4.78, 5) is 23.3. The fraction of sp³-hybridized carbons (Fsp3) is 0.483. The molecule has 3 aliphatic heterocycles. The van der Waals surface area contributed by atoms with Gasteiger partial charge in [-0.2, -0.15) is 15.2 Å². The second-order valence-electron chi connectivity index (χ2n) is 11.5. The molecule has 3 aliphatic rings. The molecule has 3 saturated heterocycles. The third kappa shape index (κ3) is 4.67. The predicted octanol–water partition coefficient (Wildman–Crippen LogP) is 3.98. The zero-order chi connectivity index (χ0) is 29.0. The van der Waals surface area contributed by atoms with Crippen LogP contribution in [0, 0.1) is 24.1 Å². The summed E-state index contributed by atoms with van der Waals surface area (Å²) in [6.45, 7) is 5.46. The Hall–Kier alpha value is -3.73. The lowest BCUT2D eigenvalue weighted by Gasteiger charge is -2.34. The lowest BCUT2D eigenvalue weighted by atomic mass is 9.95. The summed E-state index contributed by atoms with van der Waals surface area (Å²) in [5.41, 5.74) is 9.46. The van der Waals surface area contributed by atoms with Crippen LogP contribution in [0.15, 0.2) is 18.2 Å². The van der Waals surface area contributed by atoms with E-state index in [4.69, 9.17) is 25.4 Å². The average Bonchev–Trinajstić information content (AvgIpc) is 3.64. The number of hydrogen-bond donors (Lipinski definition) is 2. The van der Waals surface area contributed by atoms with Crippen LogP contribution in [0.1, 0.15) is 31.4 Å². The largest absolute Gasteiger partial charge is 0.461 e. The third-order valence-corrected chi connectivity index (χ3v) is 9.64. The van der Waals surface area contributed by atoms with Crippen molar-refractivity contribution in [3.8, 4) is 23.2 Å². The van der Waals surface area contributed by atoms with Gasteiger partial charge in [0.25, 0.3) is 0 Å². The van der Waals surface area contributed by atoms with Crippen LogP contribution >= 0.6 is 11.3 Å². The summed E-state index contributed by atoms with van der Waals surface area (Å²) in [5, 5.41) is 13.0. The van der Waals surface area contributed by atoms with Crippen molar-refractivity contribution in [1.29, 1.82) is 5.26 Å². The van der Waals surface area contributed by atoms with E-state index in [1.165, 1.54) is 6.07 Å². The first-order chi connectivity index (χ1) is 20.3. The van der Waals surface area contributed by atoms with Crippen LogP contribution in [-0.2, 0) is 0 Å². The van der Waals surface area contributed by atoms with Crippen molar-refractivity contribution in [2.75, 3.05) is 50.0 Å². The van der Waals surface area contributed by atoms with Crippen molar-refractivity contribution in [2.45, 2.75) is 50.4 Å². The minimum atomic E-state index is -0.859. The number of fused-ring (bicyclic) bond motifs is 3.